The van der Waals surface area contributed by atoms with Gasteiger partial charge in [-0.25, -0.2) is 15.0 Å². The SMILES string of the molecule is OC[C@@H]1CC[C@@H](n2cnc3c(Cl)ncnc32)S1. The number of imidazole rings is 1. The van der Waals surface area contributed by atoms with Crippen molar-refractivity contribution < 1.29 is 5.11 Å². The van der Waals surface area contributed by atoms with E-state index >= 15 is 0 Å². The van der Waals surface area contributed by atoms with Crippen LogP contribution in [0, 0.1) is 0 Å². The number of fused-ring (bicyclic) bond motifs is 1. The fourth-order valence-corrected chi connectivity index (χ4v) is 3.60. The number of thioether (sulfide) groups is 1. The molecular weight excluding hydrogens is 260 g/mol. The highest BCUT2D eigenvalue weighted by Gasteiger charge is 2.27. The van der Waals surface area contributed by atoms with Crippen LogP contribution in [0.1, 0.15) is 18.2 Å². The maximum absolute atomic E-state index is 9.15. The Morgan fingerprint density at radius 2 is 2.29 bits per heavy atom. The second kappa shape index (κ2) is 4.44. The molecule has 3 heterocycles. The summed E-state index contributed by atoms with van der Waals surface area (Å²) >= 11 is 7.72. The predicted molar refractivity (Wildman–Crippen MR) is 67.1 cm³/mol. The molecule has 0 aliphatic carbocycles. The van der Waals surface area contributed by atoms with Crippen molar-refractivity contribution in [3.05, 3.63) is 17.8 Å². The average molecular weight is 271 g/mol. The second-order valence-electron chi connectivity index (χ2n) is 3.96. The molecule has 2 aromatic heterocycles. The summed E-state index contributed by atoms with van der Waals surface area (Å²) in [6, 6.07) is 0. The molecule has 0 aromatic carbocycles. The molecule has 0 spiro atoms. The van der Waals surface area contributed by atoms with Gasteiger partial charge in [-0.2, -0.15) is 0 Å². The molecule has 3 rings (SSSR count). The minimum Gasteiger partial charge on any atom is -0.395 e. The third kappa shape index (κ3) is 1.90. The van der Waals surface area contributed by atoms with Crippen molar-refractivity contribution in [2.24, 2.45) is 0 Å². The fraction of sp³-hybridized carbons (Fsp3) is 0.500. The average Bonchev–Trinajstić information content (AvgIpc) is 2.94. The van der Waals surface area contributed by atoms with E-state index in [-0.39, 0.29) is 12.0 Å². The number of nitrogens with zero attached hydrogens (tertiary/aromatic N) is 4. The first-order valence-electron chi connectivity index (χ1n) is 5.39. The summed E-state index contributed by atoms with van der Waals surface area (Å²) in [7, 11) is 0. The molecule has 0 amide bonds. The fourth-order valence-electron chi connectivity index (χ4n) is 2.06. The van der Waals surface area contributed by atoms with Crippen molar-refractivity contribution in [3.8, 4) is 0 Å². The standard InChI is InChI=1S/C10H11ClN4OS/c11-9-8-10(13-4-12-9)15(5-14-8)7-2-1-6(3-16)17-7/h4-7,16H,1-3H2/t6-,7-/m0/s1. The van der Waals surface area contributed by atoms with Gasteiger partial charge in [-0.15, -0.1) is 11.8 Å². The molecule has 0 saturated carbocycles. The summed E-state index contributed by atoms with van der Waals surface area (Å²) in [5.41, 5.74) is 1.41. The lowest BCUT2D eigenvalue weighted by molar-refractivity contribution is 0.292. The lowest BCUT2D eigenvalue weighted by Crippen LogP contribution is -2.04. The molecule has 1 saturated heterocycles. The van der Waals surface area contributed by atoms with Crippen LogP contribution in [0.5, 0.6) is 0 Å². The summed E-state index contributed by atoms with van der Waals surface area (Å²) in [6.07, 6.45) is 5.24. The maximum Gasteiger partial charge on any atom is 0.165 e. The number of halogens is 1. The van der Waals surface area contributed by atoms with E-state index in [2.05, 4.69) is 15.0 Å². The van der Waals surface area contributed by atoms with Crippen molar-refractivity contribution >= 4 is 34.5 Å². The van der Waals surface area contributed by atoms with E-state index < -0.39 is 0 Å². The van der Waals surface area contributed by atoms with Gasteiger partial charge in [-0.1, -0.05) is 11.6 Å². The van der Waals surface area contributed by atoms with Gasteiger partial charge in [0.25, 0.3) is 0 Å². The van der Waals surface area contributed by atoms with Crippen LogP contribution < -0.4 is 0 Å². The van der Waals surface area contributed by atoms with Crippen LogP contribution in [0.3, 0.4) is 0 Å². The number of rotatable bonds is 2. The Morgan fingerprint density at radius 1 is 1.41 bits per heavy atom. The van der Waals surface area contributed by atoms with Crippen LogP contribution in [-0.4, -0.2) is 36.5 Å². The number of hydrogen-bond donors (Lipinski definition) is 1. The zero-order valence-corrected chi connectivity index (χ0v) is 10.5. The summed E-state index contributed by atoms with van der Waals surface area (Å²) in [4.78, 5) is 12.4. The molecule has 5 nitrogen and oxygen atoms in total. The highest BCUT2D eigenvalue weighted by atomic mass is 35.5. The summed E-state index contributed by atoms with van der Waals surface area (Å²) in [5, 5.41) is 10.1. The molecule has 0 bridgehead atoms. The van der Waals surface area contributed by atoms with E-state index in [1.807, 2.05) is 4.57 Å². The summed E-state index contributed by atoms with van der Waals surface area (Å²) in [5.74, 6) is 0. The molecule has 0 radical (unpaired) electrons. The van der Waals surface area contributed by atoms with Gasteiger partial charge in [0, 0.05) is 5.25 Å². The molecule has 7 heteroatoms. The van der Waals surface area contributed by atoms with Crippen molar-refractivity contribution in [2.75, 3.05) is 6.61 Å². The minimum absolute atomic E-state index is 0.226. The predicted octanol–water partition coefficient (Wildman–Crippen LogP) is 1.87. The Labute approximate surface area is 107 Å². The Hall–Kier alpha value is -0.850. The van der Waals surface area contributed by atoms with Gasteiger partial charge in [-0.05, 0) is 12.8 Å². The van der Waals surface area contributed by atoms with Crippen LogP contribution in [0.15, 0.2) is 12.7 Å². The first-order valence-corrected chi connectivity index (χ1v) is 6.71. The van der Waals surface area contributed by atoms with Crippen molar-refractivity contribution in [2.45, 2.75) is 23.5 Å². The van der Waals surface area contributed by atoms with E-state index in [1.54, 1.807) is 18.1 Å². The monoisotopic (exact) mass is 270 g/mol. The van der Waals surface area contributed by atoms with Gasteiger partial charge in [0.1, 0.15) is 11.8 Å². The zero-order valence-electron chi connectivity index (χ0n) is 8.95. The second-order valence-corrected chi connectivity index (χ2v) is 5.80. The molecule has 1 N–H and O–H groups in total. The van der Waals surface area contributed by atoms with Gasteiger partial charge in [0.05, 0.1) is 18.3 Å². The lowest BCUT2D eigenvalue weighted by Gasteiger charge is -2.11. The highest BCUT2D eigenvalue weighted by molar-refractivity contribution is 8.00. The van der Waals surface area contributed by atoms with Crippen molar-refractivity contribution in [1.29, 1.82) is 0 Å². The molecule has 2 aromatic rings. The van der Waals surface area contributed by atoms with Gasteiger partial charge in [-0.3, -0.25) is 0 Å². The van der Waals surface area contributed by atoms with E-state index in [0.29, 0.717) is 15.9 Å². The number of hydrogen-bond acceptors (Lipinski definition) is 5. The maximum atomic E-state index is 9.15. The van der Waals surface area contributed by atoms with Crippen LogP contribution in [0.25, 0.3) is 11.2 Å². The van der Waals surface area contributed by atoms with Gasteiger partial charge in [0.15, 0.2) is 10.8 Å². The lowest BCUT2D eigenvalue weighted by atomic mass is 10.2. The quantitative estimate of drug-likeness (QED) is 0.844. The van der Waals surface area contributed by atoms with Crippen LogP contribution in [-0.2, 0) is 0 Å². The van der Waals surface area contributed by atoms with E-state index in [0.717, 1.165) is 18.5 Å². The van der Waals surface area contributed by atoms with Gasteiger partial charge in [0.2, 0.25) is 0 Å². The highest BCUT2D eigenvalue weighted by Crippen LogP contribution is 2.42. The first kappa shape index (κ1) is 11.3. The molecule has 0 unspecified atom stereocenters. The molecule has 1 aliphatic rings. The normalized spacial score (nSPS) is 24.6. The third-order valence-electron chi connectivity index (χ3n) is 2.91. The van der Waals surface area contributed by atoms with Gasteiger partial charge >= 0.3 is 0 Å². The molecule has 1 fully saturated rings. The topological polar surface area (TPSA) is 63.8 Å². The molecule has 2 atom stereocenters. The van der Waals surface area contributed by atoms with E-state index in [4.69, 9.17) is 16.7 Å². The largest absolute Gasteiger partial charge is 0.395 e. The molecule has 17 heavy (non-hydrogen) atoms. The Kier molecular flexibility index (Phi) is 2.94. The summed E-state index contributed by atoms with van der Waals surface area (Å²) in [6.45, 7) is 0.226. The molecule has 90 valence electrons. The first-order chi connectivity index (χ1) is 8.29. The minimum atomic E-state index is 0.226. The smallest absolute Gasteiger partial charge is 0.165 e. The third-order valence-corrected chi connectivity index (χ3v) is 4.74. The van der Waals surface area contributed by atoms with Crippen molar-refractivity contribution in [3.63, 3.8) is 0 Å². The van der Waals surface area contributed by atoms with E-state index in [9.17, 15) is 0 Å². The number of aliphatic hydroxyl groups excluding tert-OH is 1. The van der Waals surface area contributed by atoms with Gasteiger partial charge < -0.3 is 9.67 Å². The van der Waals surface area contributed by atoms with Crippen LogP contribution in [0.2, 0.25) is 5.15 Å². The zero-order chi connectivity index (χ0) is 11.8. The number of aromatic nitrogens is 4. The Balaban J connectivity index is 1.99. The summed E-state index contributed by atoms with van der Waals surface area (Å²) < 4.78 is 2.02. The molecular formula is C10H11ClN4OS. The van der Waals surface area contributed by atoms with Crippen LogP contribution >= 0.6 is 23.4 Å². The molecule has 1 aliphatic heterocycles. The number of aliphatic hydroxyl groups is 1. The van der Waals surface area contributed by atoms with Crippen LogP contribution in [0.4, 0.5) is 0 Å². The van der Waals surface area contributed by atoms with E-state index in [1.165, 1.54) is 6.33 Å². The Bertz CT molecular complexity index is 546. The Morgan fingerprint density at radius 3 is 3.06 bits per heavy atom. The van der Waals surface area contributed by atoms with Crippen molar-refractivity contribution in [1.82, 2.24) is 19.5 Å².